The number of ether oxygens (including phenoxy) is 2. The summed E-state index contributed by atoms with van der Waals surface area (Å²) in [6.45, 7) is 2.98. The maximum Gasteiger partial charge on any atom is 0.251 e. The van der Waals surface area contributed by atoms with Crippen LogP contribution in [0.3, 0.4) is 0 Å². The van der Waals surface area contributed by atoms with E-state index in [0.717, 1.165) is 13.0 Å². The molecule has 1 aromatic carbocycles. The van der Waals surface area contributed by atoms with Crippen LogP contribution in [0.2, 0.25) is 0 Å². The number of carbonyl (C=O) groups excluding carboxylic acids is 1. The van der Waals surface area contributed by atoms with Crippen molar-refractivity contribution in [2.24, 2.45) is 0 Å². The number of benzene rings is 1. The lowest BCUT2D eigenvalue weighted by atomic mass is 10.1. The van der Waals surface area contributed by atoms with Gasteiger partial charge in [0.15, 0.2) is 0 Å². The third kappa shape index (κ3) is 9.69. The highest BCUT2D eigenvalue weighted by molar-refractivity contribution is 5.95. The van der Waals surface area contributed by atoms with Crippen LogP contribution in [0.15, 0.2) is 18.2 Å². The lowest BCUT2D eigenvalue weighted by Gasteiger charge is -2.09. The van der Waals surface area contributed by atoms with Crippen LogP contribution in [0.5, 0.6) is 11.5 Å². The number of unbranched alkanes of at least 4 members (excludes halogenated alkanes) is 10. The van der Waals surface area contributed by atoms with Gasteiger partial charge in [-0.2, -0.15) is 0 Å². The molecule has 4 nitrogen and oxygen atoms in total. The molecule has 0 aliphatic heterocycles. The molecule has 1 aromatic rings. The summed E-state index contributed by atoms with van der Waals surface area (Å²) in [5.41, 5.74) is 0.573. The minimum absolute atomic E-state index is 0.0747. The summed E-state index contributed by atoms with van der Waals surface area (Å²) in [6.07, 6.45) is 14.4. The normalized spacial score (nSPS) is 10.6. The summed E-state index contributed by atoms with van der Waals surface area (Å²) in [5, 5.41) is 2.98. The van der Waals surface area contributed by atoms with E-state index in [1.165, 1.54) is 64.2 Å². The van der Waals surface area contributed by atoms with Crippen LogP contribution in [0.1, 0.15) is 87.9 Å². The quantitative estimate of drug-likeness (QED) is 0.404. The van der Waals surface area contributed by atoms with Crippen molar-refractivity contribution in [1.29, 1.82) is 0 Å². The van der Waals surface area contributed by atoms with Gasteiger partial charge in [0.05, 0.1) is 14.2 Å². The van der Waals surface area contributed by atoms with Crippen molar-refractivity contribution in [1.82, 2.24) is 5.32 Å². The van der Waals surface area contributed by atoms with Gasteiger partial charge in [-0.25, -0.2) is 0 Å². The molecular formula is C22H37NO3. The van der Waals surface area contributed by atoms with Gasteiger partial charge in [0.25, 0.3) is 5.91 Å². The van der Waals surface area contributed by atoms with Gasteiger partial charge in [-0.15, -0.1) is 0 Å². The van der Waals surface area contributed by atoms with Gasteiger partial charge in [-0.05, 0) is 18.6 Å². The highest BCUT2D eigenvalue weighted by Gasteiger charge is 2.09. The second-order valence-electron chi connectivity index (χ2n) is 6.89. The zero-order chi connectivity index (χ0) is 19.0. The molecule has 1 N–H and O–H groups in total. The topological polar surface area (TPSA) is 47.6 Å². The van der Waals surface area contributed by atoms with E-state index in [9.17, 15) is 4.79 Å². The van der Waals surface area contributed by atoms with E-state index < -0.39 is 0 Å². The molecule has 26 heavy (non-hydrogen) atoms. The average molecular weight is 364 g/mol. The standard InChI is InChI=1S/C22H37NO3/c1-4-5-6-7-8-9-10-11-12-13-14-15-23-22(24)19-16-20(25-2)18-21(17-19)26-3/h16-18H,4-15H2,1-3H3,(H,23,24). The third-order valence-electron chi connectivity index (χ3n) is 4.68. The Balaban J connectivity index is 2.08. The molecule has 1 rings (SSSR count). The first-order chi connectivity index (χ1) is 12.7. The molecule has 4 heteroatoms. The first-order valence-corrected chi connectivity index (χ1v) is 10.2. The Morgan fingerprint density at radius 1 is 0.769 bits per heavy atom. The molecule has 1 amide bonds. The van der Waals surface area contributed by atoms with Gasteiger partial charge in [-0.3, -0.25) is 4.79 Å². The zero-order valence-corrected chi connectivity index (χ0v) is 16.9. The molecule has 0 heterocycles. The summed E-state index contributed by atoms with van der Waals surface area (Å²) in [6, 6.07) is 5.23. The summed E-state index contributed by atoms with van der Waals surface area (Å²) in [5.74, 6) is 1.18. The number of hydrogen-bond acceptors (Lipinski definition) is 3. The molecule has 0 aliphatic carbocycles. The Morgan fingerprint density at radius 2 is 1.23 bits per heavy atom. The van der Waals surface area contributed by atoms with Gasteiger partial charge in [-0.1, -0.05) is 71.1 Å². The van der Waals surface area contributed by atoms with Crippen LogP contribution in [-0.4, -0.2) is 26.7 Å². The third-order valence-corrected chi connectivity index (χ3v) is 4.68. The fourth-order valence-corrected chi connectivity index (χ4v) is 3.03. The number of hydrogen-bond donors (Lipinski definition) is 1. The maximum atomic E-state index is 12.2. The van der Waals surface area contributed by atoms with Crippen LogP contribution in [0, 0.1) is 0 Å². The molecule has 0 saturated heterocycles. The molecular weight excluding hydrogens is 326 g/mol. The van der Waals surface area contributed by atoms with Crippen molar-refractivity contribution < 1.29 is 14.3 Å². The molecule has 0 aromatic heterocycles. The first kappa shape index (κ1) is 22.3. The fraction of sp³-hybridized carbons (Fsp3) is 0.682. The lowest BCUT2D eigenvalue weighted by molar-refractivity contribution is 0.0952. The summed E-state index contributed by atoms with van der Waals surface area (Å²) in [4.78, 5) is 12.2. The second kappa shape index (κ2) is 14.5. The predicted octanol–water partition coefficient (Wildman–Crippen LogP) is 5.74. The van der Waals surface area contributed by atoms with Crippen LogP contribution >= 0.6 is 0 Å². The Hall–Kier alpha value is -1.71. The van der Waals surface area contributed by atoms with Crippen molar-refractivity contribution in [2.75, 3.05) is 20.8 Å². The highest BCUT2D eigenvalue weighted by atomic mass is 16.5. The largest absolute Gasteiger partial charge is 0.497 e. The Labute approximate surface area is 159 Å². The molecule has 0 saturated carbocycles. The van der Waals surface area contributed by atoms with E-state index in [-0.39, 0.29) is 5.91 Å². The van der Waals surface area contributed by atoms with E-state index in [2.05, 4.69) is 12.2 Å². The SMILES string of the molecule is CCCCCCCCCCCCCNC(=O)c1cc(OC)cc(OC)c1. The van der Waals surface area contributed by atoms with Gasteiger partial charge >= 0.3 is 0 Å². The molecule has 0 aliphatic rings. The summed E-state index contributed by atoms with van der Waals surface area (Å²) in [7, 11) is 3.17. The van der Waals surface area contributed by atoms with E-state index >= 15 is 0 Å². The highest BCUT2D eigenvalue weighted by Crippen LogP contribution is 2.22. The molecule has 0 fully saturated rings. The van der Waals surface area contributed by atoms with Gasteiger partial charge in [0, 0.05) is 18.2 Å². The summed E-state index contributed by atoms with van der Waals surface area (Å²) >= 11 is 0. The Kier molecular flexibility index (Phi) is 12.4. The van der Waals surface area contributed by atoms with Gasteiger partial charge < -0.3 is 14.8 Å². The zero-order valence-electron chi connectivity index (χ0n) is 16.9. The molecule has 0 atom stereocenters. The van der Waals surface area contributed by atoms with E-state index in [0.29, 0.717) is 17.1 Å². The van der Waals surface area contributed by atoms with Crippen LogP contribution in [0.4, 0.5) is 0 Å². The molecule has 0 radical (unpaired) electrons. The Morgan fingerprint density at radius 3 is 1.69 bits per heavy atom. The predicted molar refractivity (Wildman–Crippen MR) is 108 cm³/mol. The number of methoxy groups -OCH3 is 2. The number of rotatable bonds is 15. The lowest BCUT2D eigenvalue weighted by Crippen LogP contribution is -2.24. The molecule has 0 bridgehead atoms. The minimum atomic E-state index is -0.0747. The smallest absolute Gasteiger partial charge is 0.251 e. The monoisotopic (exact) mass is 363 g/mol. The van der Waals surface area contributed by atoms with Gasteiger partial charge in [0.1, 0.15) is 11.5 Å². The van der Waals surface area contributed by atoms with Crippen molar-refractivity contribution >= 4 is 5.91 Å². The van der Waals surface area contributed by atoms with Crippen LogP contribution < -0.4 is 14.8 Å². The fourth-order valence-electron chi connectivity index (χ4n) is 3.03. The first-order valence-electron chi connectivity index (χ1n) is 10.2. The Bertz CT molecular complexity index is 480. The van der Waals surface area contributed by atoms with Crippen molar-refractivity contribution in [3.05, 3.63) is 23.8 Å². The van der Waals surface area contributed by atoms with E-state index in [1.807, 2.05) is 0 Å². The number of amides is 1. The molecule has 0 unspecified atom stereocenters. The van der Waals surface area contributed by atoms with Crippen molar-refractivity contribution in [3.8, 4) is 11.5 Å². The number of nitrogens with one attached hydrogen (secondary N) is 1. The van der Waals surface area contributed by atoms with E-state index in [1.54, 1.807) is 32.4 Å². The van der Waals surface area contributed by atoms with Crippen LogP contribution in [0.25, 0.3) is 0 Å². The van der Waals surface area contributed by atoms with Gasteiger partial charge in [0.2, 0.25) is 0 Å². The average Bonchev–Trinajstić information content (AvgIpc) is 2.68. The number of carbonyl (C=O) groups is 1. The minimum Gasteiger partial charge on any atom is -0.497 e. The van der Waals surface area contributed by atoms with Crippen molar-refractivity contribution in [2.45, 2.75) is 77.6 Å². The summed E-state index contributed by atoms with van der Waals surface area (Å²) < 4.78 is 10.4. The molecule has 0 spiro atoms. The van der Waals surface area contributed by atoms with E-state index in [4.69, 9.17) is 9.47 Å². The van der Waals surface area contributed by atoms with Crippen LogP contribution in [-0.2, 0) is 0 Å². The maximum absolute atomic E-state index is 12.2. The van der Waals surface area contributed by atoms with Crippen molar-refractivity contribution in [3.63, 3.8) is 0 Å². The molecule has 148 valence electrons. The second-order valence-corrected chi connectivity index (χ2v) is 6.89.